The van der Waals surface area contributed by atoms with E-state index in [9.17, 15) is 23.9 Å². The van der Waals surface area contributed by atoms with Gasteiger partial charge in [-0.1, -0.05) is 12.1 Å². The Morgan fingerprint density at radius 3 is 2.12 bits per heavy atom. The SMILES string of the molecule is O=C1c2c(O)c(=O)n(-c3ccc(N4CCCCC4)cc3)c(=O)n2CCN1Cc1ccc(F)cc1. The topological polar surface area (TPSA) is 87.8 Å². The second kappa shape index (κ2) is 8.81. The lowest BCUT2D eigenvalue weighted by Gasteiger charge is -2.30. The molecule has 1 aromatic heterocycles. The maximum Gasteiger partial charge on any atom is 0.336 e. The Morgan fingerprint density at radius 2 is 1.44 bits per heavy atom. The molecule has 2 aromatic carbocycles. The summed E-state index contributed by atoms with van der Waals surface area (Å²) in [5.74, 6) is -1.75. The zero-order valence-corrected chi connectivity index (χ0v) is 18.6. The van der Waals surface area contributed by atoms with E-state index in [-0.39, 0.29) is 31.1 Å². The molecule has 0 spiro atoms. The number of carbonyl (C=O) groups is 1. The number of benzene rings is 2. The summed E-state index contributed by atoms with van der Waals surface area (Å²) in [4.78, 5) is 42.9. The van der Waals surface area contributed by atoms with Crippen LogP contribution in [0.3, 0.4) is 0 Å². The lowest BCUT2D eigenvalue weighted by Crippen LogP contribution is -2.49. The van der Waals surface area contributed by atoms with Gasteiger partial charge in [-0.05, 0) is 61.2 Å². The van der Waals surface area contributed by atoms with E-state index in [1.54, 1.807) is 24.3 Å². The summed E-state index contributed by atoms with van der Waals surface area (Å²) < 4.78 is 15.2. The van der Waals surface area contributed by atoms with Crippen LogP contribution in [0.5, 0.6) is 5.75 Å². The third kappa shape index (κ3) is 3.87. The average molecular weight is 464 g/mol. The van der Waals surface area contributed by atoms with Crippen LogP contribution in [0.4, 0.5) is 10.1 Å². The number of nitrogens with zero attached hydrogens (tertiary/aromatic N) is 4. The fourth-order valence-corrected chi connectivity index (χ4v) is 4.69. The predicted octanol–water partition coefficient (Wildman–Crippen LogP) is 2.49. The Kier molecular flexibility index (Phi) is 5.69. The van der Waals surface area contributed by atoms with E-state index in [2.05, 4.69) is 4.90 Å². The zero-order chi connectivity index (χ0) is 23.8. The highest BCUT2D eigenvalue weighted by Crippen LogP contribution is 2.23. The number of anilines is 1. The molecule has 2 aliphatic heterocycles. The first-order valence-electron chi connectivity index (χ1n) is 11.4. The van der Waals surface area contributed by atoms with Crippen molar-refractivity contribution in [3.63, 3.8) is 0 Å². The van der Waals surface area contributed by atoms with Crippen molar-refractivity contribution in [2.24, 2.45) is 0 Å². The summed E-state index contributed by atoms with van der Waals surface area (Å²) in [7, 11) is 0. The van der Waals surface area contributed by atoms with E-state index >= 15 is 0 Å². The molecule has 1 saturated heterocycles. The van der Waals surface area contributed by atoms with Crippen molar-refractivity contribution in [3.05, 3.63) is 86.4 Å². The van der Waals surface area contributed by atoms with Gasteiger partial charge in [-0.2, -0.15) is 0 Å². The Morgan fingerprint density at radius 1 is 0.794 bits per heavy atom. The molecule has 176 valence electrons. The smallest absolute Gasteiger partial charge is 0.336 e. The molecule has 3 aromatic rings. The minimum atomic E-state index is -0.932. The van der Waals surface area contributed by atoms with Crippen LogP contribution in [-0.2, 0) is 13.1 Å². The molecular formula is C25H25FN4O4. The van der Waals surface area contributed by atoms with Gasteiger partial charge < -0.3 is 14.9 Å². The molecule has 0 saturated carbocycles. The zero-order valence-electron chi connectivity index (χ0n) is 18.6. The van der Waals surface area contributed by atoms with Gasteiger partial charge in [-0.15, -0.1) is 0 Å². The first-order chi connectivity index (χ1) is 16.4. The molecular weight excluding hydrogens is 439 g/mol. The minimum absolute atomic E-state index is 0.126. The van der Waals surface area contributed by atoms with Gasteiger partial charge in [0.1, 0.15) is 5.82 Å². The molecule has 2 aliphatic rings. The number of fused-ring (bicyclic) bond motifs is 1. The van der Waals surface area contributed by atoms with Crippen LogP contribution in [0.25, 0.3) is 5.69 Å². The summed E-state index contributed by atoms with van der Waals surface area (Å²) in [6.07, 6.45) is 3.48. The van der Waals surface area contributed by atoms with Gasteiger partial charge in [-0.25, -0.2) is 13.8 Å². The van der Waals surface area contributed by atoms with Gasteiger partial charge in [0.25, 0.3) is 5.91 Å². The fourth-order valence-electron chi connectivity index (χ4n) is 4.69. The van der Waals surface area contributed by atoms with E-state index in [0.29, 0.717) is 11.3 Å². The molecule has 0 aliphatic carbocycles. The van der Waals surface area contributed by atoms with Crippen LogP contribution >= 0.6 is 0 Å². The standard InChI is InChI=1S/C25H25FN4O4/c26-18-6-4-17(5-7-18)16-28-14-15-29-21(23(28)32)22(31)24(33)30(25(29)34)20-10-8-19(9-11-20)27-12-2-1-3-13-27/h4-11,31H,1-3,12-16H2. The quantitative estimate of drug-likeness (QED) is 0.641. The third-order valence-corrected chi connectivity index (χ3v) is 6.52. The van der Waals surface area contributed by atoms with E-state index in [1.165, 1.54) is 23.5 Å². The number of hydrogen-bond acceptors (Lipinski definition) is 5. The molecule has 0 unspecified atom stereocenters. The maximum absolute atomic E-state index is 13.2. The number of halogens is 1. The summed E-state index contributed by atoms with van der Waals surface area (Å²) >= 11 is 0. The molecule has 3 heterocycles. The van der Waals surface area contributed by atoms with Crippen molar-refractivity contribution in [3.8, 4) is 11.4 Å². The van der Waals surface area contributed by atoms with Crippen molar-refractivity contribution in [2.45, 2.75) is 32.4 Å². The Hall–Kier alpha value is -3.88. The first-order valence-corrected chi connectivity index (χ1v) is 11.4. The number of piperidine rings is 1. The van der Waals surface area contributed by atoms with Gasteiger partial charge in [0.2, 0.25) is 5.75 Å². The van der Waals surface area contributed by atoms with Crippen molar-refractivity contribution in [1.29, 1.82) is 0 Å². The number of carbonyl (C=O) groups excluding carboxylic acids is 1. The first kappa shape index (κ1) is 21.9. The lowest BCUT2D eigenvalue weighted by atomic mass is 10.1. The molecule has 1 fully saturated rings. The molecule has 5 rings (SSSR count). The summed E-state index contributed by atoms with van der Waals surface area (Å²) in [6.45, 7) is 2.46. The van der Waals surface area contributed by atoms with Crippen LogP contribution in [-0.4, -0.2) is 44.7 Å². The summed E-state index contributed by atoms with van der Waals surface area (Å²) in [5.41, 5.74) is 0.141. The molecule has 1 amide bonds. The van der Waals surface area contributed by atoms with E-state index < -0.39 is 22.9 Å². The van der Waals surface area contributed by atoms with Crippen molar-refractivity contribution < 1.29 is 14.3 Å². The third-order valence-electron chi connectivity index (χ3n) is 6.52. The lowest BCUT2D eigenvalue weighted by molar-refractivity contribution is 0.0678. The Bertz CT molecular complexity index is 1340. The van der Waals surface area contributed by atoms with Gasteiger partial charge in [-0.3, -0.25) is 14.2 Å². The molecule has 1 N–H and O–H groups in total. The van der Waals surface area contributed by atoms with Crippen LogP contribution in [0.1, 0.15) is 35.3 Å². The fraction of sp³-hybridized carbons (Fsp3) is 0.320. The molecule has 34 heavy (non-hydrogen) atoms. The number of aromatic nitrogens is 2. The normalized spacial score (nSPS) is 16.0. The van der Waals surface area contributed by atoms with Crippen molar-refractivity contribution >= 4 is 11.6 Å². The highest BCUT2D eigenvalue weighted by Gasteiger charge is 2.32. The molecule has 0 atom stereocenters. The molecule has 8 nitrogen and oxygen atoms in total. The molecule has 0 radical (unpaired) electrons. The van der Waals surface area contributed by atoms with E-state index in [4.69, 9.17) is 0 Å². The second-order valence-corrected chi connectivity index (χ2v) is 8.69. The van der Waals surface area contributed by atoms with Crippen molar-refractivity contribution in [2.75, 3.05) is 24.5 Å². The van der Waals surface area contributed by atoms with Gasteiger partial charge in [0, 0.05) is 38.4 Å². The van der Waals surface area contributed by atoms with Gasteiger partial charge in [0.15, 0.2) is 5.69 Å². The number of hydrogen-bond donors (Lipinski definition) is 1. The van der Waals surface area contributed by atoms with Gasteiger partial charge >= 0.3 is 11.2 Å². The summed E-state index contributed by atoms with van der Waals surface area (Å²) in [5, 5.41) is 10.7. The molecule has 0 bridgehead atoms. The highest BCUT2D eigenvalue weighted by molar-refractivity contribution is 5.95. The van der Waals surface area contributed by atoms with Gasteiger partial charge in [0.05, 0.1) is 5.69 Å². The van der Waals surface area contributed by atoms with Crippen LogP contribution in [0, 0.1) is 5.82 Å². The average Bonchev–Trinajstić information content (AvgIpc) is 2.86. The Balaban J connectivity index is 1.47. The monoisotopic (exact) mass is 464 g/mol. The maximum atomic E-state index is 13.2. The van der Waals surface area contributed by atoms with E-state index in [1.807, 2.05) is 12.1 Å². The van der Waals surface area contributed by atoms with Crippen LogP contribution in [0.2, 0.25) is 0 Å². The number of amides is 1. The Labute approximate surface area is 195 Å². The minimum Gasteiger partial charge on any atom is -0.501 e. The van der Waals surface area contributed by atoms with Crippen molar-refractivity contribution in [1.82, 2.24) is 14.0 Å². The largest absolute Gasteiger partial charge is 0.501 e. The highest BCUT2D eigenvalue weighted by atomic mass is 19.1. The number of aromatic hydroxyl groups is 1. The second-order valence-electron chi connectivity index (χ2n) is 8.69. The predicted molar refractivity (Wildman–Crippen MR) is 125 cm³/mol. The van der Waals surface area contributed by atoms with Crippen LogP contribution in [0.15, 0.2) is 58.1 Å². The van der Waals surface area contributed by atoms with E-state index in [0.717, 1.165) is 40.8 Å². The van der Waals surface area contributed by atoms with Crippen LogP contribution < -0.4 is 16.1 Å². The summed E-state index contributed by atoms with van der Waals surface area (Å²) in [6, 6.07) is 12.8. The molecule has 9 heteroatoms. The number of rotatable bonds is 4.